The lowest BCUT2D eigenvalue weighted by Gasteiger charge is -2.39. The maximum absolute atomic E-state index is 11.2. The second-order valence-electron chi connectivity index (χ2n) is 5.96. The number of aliphatic hydroxyl groups is 1. The molecule has 2 heteroatoms. The number of benzene rings is 3. The maximum Gasteiger partial charge on any atom is 0.235 e. The van der Waals surface area contributed by atoms with Crippen molar-refractivity contribution in [2.24, 2.45) is 0 Å². The van der Waals surface area contributed by atoms with Crippen LogP contribution in [0.15, 0.2) is 84.9 Å². The first-order valence-electron chi connectivity index (χ1n) is 7.87. The fourth-order valence-corrected chi connectivity index (χ4v) is 3.33. The highest BCUT2D eigenvalue weighted by atomic mass is 16.6. The van der Waals surface area contributed by atoms with Crippen LogP contribution in [0.2, 0.25) is 0 Å². The molecule has 0 spiro atoms. The zero-order chi connectivity index (χ0) is 15.7. The second kappa shape index (κ2) is 5.56. The van der Waals surface area contributed by atoms with Crippen LogP contribution in [-0.2, 0) is 5.79 Å². The molecule has 0 bridgehead atoms. The third kappa shape index (κ3) is 2.51. The van der Waals surface area contributed by atoms with Gasteiger partial charge in [-0.1, -0.05) is 78.9 Å². The van der Waals surface area contributed by atoms with Gasteiger partial charge in [-0.15, -0.1) is 0 Å². The molecular weight excluding hydrogens is 284 g/mol. The summed E-state index contributed by atoms with van der Waals surface area (Å²) >= 11 is 0. The zero-order valence-electron chi connectivity index (χ0n) is 12.7. The lowest BCUT2D eigenvalue weighted by Crippen LogP contribution is -2.38. The van der Waals surface area contributed by atoms with Crippen molar-refractivity contribution < 1.29 is 9.84 Å². The van der Waals surface area contributed by atoms with Crippen molar-refractivity contribution in [2.45, 2.75) is 18.1 Å². The Morgan fingerprint density at radius 2 is 1.39 bits per heavy atom. The van der Waals surface area contributed by atoms with E-state index in [4.69, 9.17) is 4.74 Å². The van der Waals surface area contributed by atoms with Gasteiger partial charge in [0.15, 0.2) is 0 Å². The van der Waals surface area contributed by atoms with Crippen molar-refractivity contribution in [3.8, 4) is 5.75 Å². The topological polar surface area (TPSA) is 29.5 Å². The first-order chi connectivity index (χ1) is 11.3. The van der Waals surface area contributed by atoms with Gasteiger partial charge in [0.2, 0.25) is 5.79 Å². The van der Waals surface area contributed by atoms with Gasteiger partial charge in [-0.3, -0.25) is 0 Å². The maximum atomic E-state index is 11.2. The summed E-state index contributed by atoms with van der Waals surface area (Å²) in [4.78, 5) is 0. The van der Waals surface area contributed by atoms with Gasteiger partial charge < -0.3 is 9.84 Å². The molecule has 0 aromatic heterocycles. The normalized spacial score (nSPS) is 22.9. The number of fused-ring (bicyclic) bond motifs is 1. The molecule has 0 radical (unpaired) electrons. The van der Waals surface area contributed by atoms with E-state index in [1.165, 1.54) is 5.56 Å². The van der Waals surface area contributed by atoms with Crippen molar-refractivity contribution in [3.63, 3.8) is 0 Å². The summed E-state index contributed by atoms with van der Waals surface area (Å²) in [5.74, 6) is -0.457. The first kappa shape index (κ1) is 14.0. The fraction of sp³-hybridized carbons (Fsp3) is 0.143. The molecule has 114 valence electrons. The Bertz CT molecular complexity index is 798. The molecule has 0 unspecified atom stereocenters. The van der Waals surface area contributed by atoms with Gasteiger partial charge in [0.05, 0.1) is 0 Å². The molecule has 1 aliphatic heterocycles. The van der Waals surface area contributed by atoms with Crippen LogP contribution in [0.3, 0.4) is 0 Å². The molecule has 3 aromatic carbocycles. The van der Waals surface area contributed by atoms with Crippen LogP contribution in [-0.4, -0.2) is 5.11 Å². The highest BCUT2D eigenvalue weighted by molar-refractivity contribution is 5.45. The Morgan fingerprint density at radius 1 is 0.783 bits per heavy atom. The minimum atomic E-state index is -1.31. The summed E-state index contributed by atoms with van der Waals surface area (Å²) in [5.41, 5.74) is 3.10. The van der Waals surface area contributed by atoms with E-state index in [1.807, 2.05) is 66.7 Å². The average molecular weight is 302 g/mol. The quantitative estimate of drug-likeness (QED) is 0.758. The van der Waals surface area contributed by atoms with Crippen molar-refractivity contribution in [1.82, 2.24) is 0 Å². The molecule has 23 heavy (non-hydrogen) atoms. The molecule has 0 amide bonds. The monoisotopic (exact) mass is 302 g/mol. The molecule has 1 N–H and O–H groups in total. The van der Waals surface area contributed by atoms with Crippen LogP contribution in [0, 0.1) is 0 Å². The van der Waals surface area contributed by atoms with E-state index in [1.54, 1.807) is 0 Å². The molecule has 4 rings (SSSR count). The number of ether oxygens (including phenoxy) is 1. The van der Waals surface area contributed by atoms with Gasteiger partial charge >= 0.3 is 0 Å². The van der Waals surface area contributed by atoms with Gasteiger partial charge in [-0.05, 0) is 11.6 Å². The number of rotatable bonds is 2. The Hall–Kier alpha value is -2.58. The van der Waals surface area contributed by atoms with Crippen LogP contribution in [0.1, 0.15) is 29.0 Å². The molecule has 0 saturated heterocycles. The van der Waals surface area contributed by atoms with Crippen LogP contribution in [0.4, 0.5) is 0 Å². The summed E-state index contributed by atoms with van der Waals surface area (Å²) in [5, 5.41) is 11.2. The van der Waals surface area contributed by atoms with Crippen LogP contribution < -0.4 is 4.74 Å². The van der Waals surface area contributed by atoms with E-state index in [0.717, 1.165) is 16.9 Å². The van der Waals surface area contributed by atoms with E-state index in [-0.39, 0.29) is 5.92 Å². The molecule has 1 aliphatic rings. The summed E-state index contributed by atoms with van der Waals surface area (Å²) in [6.07, 6.45) is 0.498. The smallest absolute Gasteiger partial charge is 0.235 e. The van der Waals surface area contributed by atoms with E-state index >= 15 is 0 Å². The minimum absolute atomic E-state index is 0.103. The van der Waals surface area contributed by atoms with Gasteiger partial charge in [0, 0.05) is 23.5 Å². The molecule has 0 fully saturated rings. The predicted octanol–water partition coefficient (Wildman–Crippen LogP) is 4.45. The molecule has 0 aliphatic carbocycles. The Morgan fingerprint density at radius 3 is 2.13 bits per heavy atom. The molecule has 2 atom stereocenters. The zero-order valence-corrected chi connectivity index (χ0v) is 12.7. The lowest BCUT2D eigenvalue weighted by molar-refractivity contribution is -0.161. The van der Waals surface area contributed by atoms with Gasteiger partial charge in [-0.25, -0.2) is 0 Å². The average Bonchev–Trinajstić information content (AvgIpc) is 2.62. The fourth-order valence-electron chi connectivity index (χ4n) is 3.33. The first-order valence-corrected chi connectivity index (χ1v) is 7.87. The SMILES string of the molecule is O[C@@]1(c2ccccc2)C[C@@H](c2ccccc2)c2ccccc2O1. The molecule has 3 aromatic rings. The van der Waals surface area contributed by atoms with E-state index in [9.17, 15) is 5.11 Å². The highest BCUT2D eigenvalue weighted by Crippen LogP contribution is 2.46. The van der Waals surface area contributed by atoms with Gasteiger partial charge in [-0.2, -0.15) is 0 Å². The predicted molar refractivity (Wildman–Crippen MR) is 90.3 cm³/mol. The van der Waals surface area contributed by atoms with E-state index in [0.29, 0.717) is 6.42 Å². The third-order valence-corrected chi connectivity index (χ3v) is 4.48. The summed E-state index contributed by atoms with van der Waals surface area (Å²) in [6.45, 7) is 0. The van der Waals surface area contributed by atoms with Crippen molar-refractivity contribution in [2.75, 3.05) is 0 Å². The summed E-state index contributed by atoms with van der Waals surface area (Å²) in [6, 6.07) is 27.9. The van der Waals surface area contributed by atoms with Crippen LogP contribution in [0.5, 0.6) is 5.75 Å². The van der Waals surface area contributed by atoms with Crippen LogP contribution in [0.25, 0.3) is 0 Å². The van der Waals surface area contributed by atoms with E-state index in [2.05, 4.69) is 18.2 Å². The van der Waals surface area contributed by atoms with Gasteiger partial charge in [0.1, 0.15) is 5.75 Å². The Kier molecular flexibility index (Phi) is 3.40. The standard InChI is InChI=1S/C21H18O2/c22-21(17-11-5-2-6-12-17)15-19(16-9-3-1-4-10-16)18-13-7-8-14-20(18)23-21/h1-14,19,22H,15H2/t19-,21-/m0/s1. The Labute approximate surface area is 136 Å². The Balaban J connectivity index is 1.83. The molecule has 1 heterocycles. The van der Waals surface area contributed by atoms with Crippen molar-refractivity contribution in [3.05, 3.63) is 102 Å². The number of hydrogen-bond donors (Lipinski definition) is 1. The van der Waals surface area contributed by atoms with Crippen LogP contribution >= 0.6 is 0 Å². The van der Waals surface area contributed by atoms with Gasteiger partial charge in [0.25, 0.3) is 0 Å². The lowest BCUT2D eigenvalue weighted by atomic mass is 9.81. The highest BCUT2D eigenvalue weighted by Gasteiger charge is 2.41. The van der Waals surface area contributed by atoms with Crippen molar-refractivity contribution >= 4 is 0 Å². The largest absolute Gasteiger partial charge is 0.458 e. The summed E-state index contributed by atoms with van der Waals surface area (Å²) in [7, 11) is 0. The molecule has 0 saturated carbocycles. The minimum Gasteiger partial charge on any atom is -0.458 e. The molecular formula is C21H18O2. The number of para-hydroxylation sites is 1. The van der Waals surface area contributed by atoms with Crippen molar-refractivity contribution in [1.29, 1.82) is 0 Å². The third-order valence-electron chi connectivity index (χ3n) is 4.48. The number of hydrogen-bond acceptors (Lipinski definition) is 2. The van der Waals surface area contributed by atoms with E-state index < -0.39 is 5.79 Å². The molecule has 2 nitrogen and oxygen atoms in total. The second-order valence-corrected chi connectivity index (χ2v) is 5.96. The summed E-state index contributed by atoms with van der Waals surface area (Å²) < 4.78 is 6.01.